The number of carbonyl (C=O) groups is 1. The molecule has 3 N–H and O–H groups in total. The minimum Gasteiger partial charge on any atom is -0.493 e. The molecule has 1 aromatic heterocycles. The molecule has 0 aliphatic rings. The van der Waals surface area contributed by atoms with Gasteiger partial charge in [0.1, 0.15) is 0 Å². The topological polar surface area (TPSA) is 99.1 Å². The average molecular weight is 499 g/mol. The Labute approximate surface area is 211 Å². The summed E-state index contributed by atoms with van der Waals surface area (Å²) in [5, 5.41) is 22.9. The zero-order valence-electron chi connectivity index (χ0n) is 20.7. The normalized spacial score (nSPS) is 12.5. The number of aromatic nitrogens is 1. The minimum atomic E-state index is -0.135. The quantitative estimate of drug-likeness (QED) is 0.167. The van der Waals surface area contributed by atoms with E-state index >= 15 is 0 Å². The molecule has 0 fully saturated rings. The molecule has 1 atom stereocenters. The van der Waals surface area contributed by atoms with Crippen LogP contribution < -0.4 is 5.32 Å². The molecule has 0 bridgehead atoms. The second kappa shape index (κ2) is 13.3. The smallest absolute Gasteiger partial charge is 0.251 e. The molecule has 0 saturated heterocycles. The maximum absolute atomic E-state index is 12.4. The molecular weight excluding hydrogens is 464 g/mol. The highest BCUT2D eigenvalue weighted by molar-refractivity contribution is 6.32. The minimum absolute atomic E-state index is 0.0692. The number of nitrogens with zero attached hydrogens (tertiary/aromatic N) is 2. The van der Waals surface area contributed by atoms with Crippen molar-refractivity contribution in [3.63, 3.8) is 0 Å². The van der Waals surface area contributed by atoms with Gasteiger partial charge in [-0.3, -0.25) is 4.79 Å². The Morgan fingerprint density at radius 3 is 2.63 bits per heavy atom. The van der Waals surface area contributed by atoms with Gasteiger partial charge in [0.2, 0.25) is 5.88 Å². The predicted molar refractivity (Wildman–Crippen MR) is 141 cm³/mol. The third-order valence-corrected chi connectivity index (χ3v) is 6.57. The van der Waals surface area contributed by atoms with Gasteiger partial charge in [0, 0.05) is 35.7 Å². The van der Waals surface area contributed by atoms with Crippen LogP contribution in [0.1, 0.15) is 61.9 Å². The van der Waals surface area contributed by atoms with Crippen LogP contribution in [-0.4, -0.2) is 35.8 Å². The molecule has 0 spiro atoms. The van der Waals surface area contributed by atoms with Crippen molar-refractivity contribution in [1.82, 2.24) is 10.3 Å². The molecule has 0 aliphatic heterocycles. The Morgan fingerprint density at radius 2 is 1.91 bits per heavy atom. The zero-order valence-corrected chi connectivity index (χ0v) is 21.5. The predicted octanol–water partition coefficient (Wildman–Crippen LogP) is 7.60. The lowest BCUT2D eigenvalue weighted by molar-refractivity contribution is 0.0875. The maximum Gasteiger partial charge on any atom is 0.251 e. The highest BCUT2D eigenvalue weighted by Gasteiger charge is 2.14. The van der Waals surface area contributed by atoms with Crippen LogP contribution in [0, 0.1) is 12.8 Å². The zero-order chi connectivity index (χ0) is 25.2. The molecule has 0 saturated carbocycles. The van der Waals surface area contributed by atoms with Gasteiger partial charge in [-0.05, 0) is 67.6 Å². The Kier molecular flexibility index (Phi) is 10.1. The summed E-state index contributed by atoms with van der Waals surface area (Å²) in [4.78, 5) is 15.3. The number of hydrogen-bond acceptors (Lipinski definition) is 5. The fraction of sp³-hybridized carbons (Fsp3) is 0.444. The number of benzene rings is 2. The molecule has 3 aromatic rings. The highest BCUT2D eigenvalue weighted by Crippen LogP contribution is 2.39. The number of nitrogens with one attached hydrogen (secondary N) is 2. The maximum atomic E-state index is 12.4. The van der Waals surface area contributed by atoms with E-state index in [2.05, 4.69) is 34.4 Å². The number of carbonyl (C=O) groups excluding carboxylic acids is 1. The largest absolute Gasteiger partial charge is 0.493 e. The number of fused-ring (bicyclic) bond motifs is 1. The summed E-state index contributed by atoms with van der Waals surface area (Å²) in [6.45, 7) is 8.30. The number of H-pyrrole nitrogens is 1. The van der Waals surface area contributed by atoms with E-state index in [4.69, 9.17) is 16.3 Å². The van der Waals surface area contributed by atoms with Gasteiger partial charge in [0.25, 0.3) is 5.91 Å². The van der Waals surface area contributed by atoms with E-state index in [0.717, 1.165) is 35.9 Å². The van der Waals surface area contributed by atoms with Gasteiger partial charge in [0.15, 0.2) is 5.69 Å². The van der Waals surface area contributed by atoms with E-state index in [1.54, 1.807) is 36.4 Å². The van der Waals surface area contributed by atoms with Gasteiger partial charge in [-0.2, -0.15) is 5.11 Å². The monoisotopic (exact) mass is 498 g/mol. The lowest BCUT2D eigenvalue weighted by Crippen LogP contribution is -2.25. The Balaban J connectivity index is 1.47. The summed E-state index contributed by atoms with van der Waals surface area (Å²) in [7, 11) is 0. The highest BCUT2D eigenvalue weighted by atomic mass is 35.5. The van der Waals surface area contributed by atoms with Gasteiger partial charge in [0.05, 0.1) is 11.2 Å². The summed E-state index contributed by atoms with van der Waals surface area (Å²) >= 11 is 6.15. The van der Waals surface area contributed by atoms with Crippen LogP contribution in [-0.2, 0) is 4.74 Å². The number of unbranched alkanes of at least 4 members (excludes halogenated alkanes) is 1. The van der Waals surface area contributed by atoms with Crippen molar-refractivity contribution in [2.75, 3.05) is 19.8 Å². The Bertz CT molecular complexity index is 1140. The van der Waals surface area contributed by atoms with Gasteiger partial charge < -0.3 is 20.1 Å². The standard InChI is InChI=1S/C27H35ClN4O3/c1-4-6-8-19(5-2)17-35-16-7-15-29-26(33)20-9-11-21(12-10-20)31-32-25-22-13-14-23(28)18(3)24(22)30-27(25)34/h9-14,19,30,34H,4-8,15-17H2,1-3H3,(H,29,33). The van der Waals surface area contributed by atoms with Crippen LogP contribution in [0.3, 0.4) is 0 Å². The van der Waals surface area contributed by atoms with Crippen molar-refractivity contribution in [3.8, 4) is 5.88 Å². The van der Waals surface area contributed by atoms with Crippen molar-refractivity contribution in [3.05, 3.63) is 52.5 Å². The van der Waals surface area contributed by atoms with Gasteiger partial charge in [-0.25, -0.2) is 0 Å². The Morgan fingerprint density at radius 1 is 1.14 bits per heavy atom. The number of halogens is 1. The number of aromatic hydroxyl groups is 1. The van der Waals surface area contributed by atoms with Crippen LogP contribution in [0.15, 0.2) is 46.6 Å². The molecule has 2 aromatic carbocycles. The molecule has 35 heavy (non-hydrogen) atoms. The molecule has 3 rings (SSSR count). The van der Waals surface area contributed by atoms with E-state index in [9.17, 15) is 9.90 Å². The summed E-state index contributed by atoms with van der Waals surface area (Å²) in [6.07, 6.45) is 5.61. The summed E-state index contributed by atoms with van der Waals surface area (Å²) < 4.78 is 5.79. The second-order valence-electron chi connectivity index (χ2n) is 8.76. The molecule has 188 valence electrons. The van der Waals surface area contributed by atoms with E-state index in [-0.39, 0.29) is 11.8 Å². The molecule has 7 nitrogen and oxygen atoms in total. The summed E-state index contributed by atoms with van der Waals surface area (Å²) in [5.41, 5.74) is 3.03. The SMILES string of the molecule is CCCCC(CC)COCCCNC(=O)c1ccc(N=Nc2c(O)[nH]c3c(C)c(Cl)ccc23)cc1. The molecule has 1 amide bonds. The fourth-order valence-corrected chi connectivity index (χ4v) is 4.02. The van der Waals surface area contributed by atoms with Crippen molar-refractivity contribution in [2.45, 2.75) is 52.9 Å². The molecule has 0 radical (unpaired) electrons. The van der Waals surface area contributed by atoms with E-state index in [0.29, 0.717) is 41.0 Å². The van der Waals surface area contributed by atoms with Gasteiger partial charge in [-0.15, -0.1) is 5.11 Å². The number of rotatable bonds is 13. The van der Waals surface area contributed by atoms with Crippen LogP contribution in [0.5, 0.6) is 5.88 Å². The molecule has 1 heterocycles. The van der Waals surface area contributed by atoms with Gasteiger partial charge >= 0.3 is 0 Å². The van der Waals surface area contributed by atoms with Gasteiger partial charge in [-0.1, -0.05) is 44.7 Å². The van der Waals surface area contributed by atoms with E-state index in [1.807, 2.05) is 6.92 Å². The molecule has 8 heteroatoms. The van der Waals surface area contributed by atoms with E-state index in [1.165, 1.54) is 19.3 Å². The average Bonchev–Trinajstić information content (AvgIpc) is 3.19. The molecule has 1 unspecified atom stereocenters. The van der Waals surface area contributed by atoms with Crippen LogP contribution in [0.2, 0.25) is 5.02 Å². The first-order chi connectivity index (χ1) is 16.9. The molecule has 0 aliphatic carbocycles. The van der Waals surface area contributed by atoms with Crippen molar-refractivity contribution in [1.29, 1.82) is 0 Å². The number of ether oxygens (including phenoxy) is 1. The first-order valence-electron chi connectivity index (χ1n) is 12.3. The number of hydrogen-bond donors (Lipinski definition) is 3. The van der Waals surface area contributed by atoms with Crippen LogP contribution >= 0.6 is 11.6 Å². The van der Waals surface area contributed by atoms with E-state index < -0.39 is 0 Å². The van der Waals surface area contributed by atoms with Crippen molar-refractivity contribution < 1.29 is 14.6 Å². The lowest BCUT2D eigenvalue weighted by atomic mass is 10.0. The third kappa shape index (κ3) is 7.29. The van der Waals surface area contributed by atoms with Crippen molar-refractivity contribution in [2.24, 2.45) is 16.1 Å². The summed E-state index contributed by atoms with van der Waals surface area (Å²) in [5.74, 6) is 0.424. The fourth-order valence-electron chi connectivity index (χ4n) is 3.86. The number of amides is 1. The lowest BCUT2D eigenvalue weighted by Gasteiger charge is -2.14. The molecular formula is C27H35ClN4O3. The second-order valence-corrected chi connectivity index (χ2v) is 9.17. The first-order valence-corrected chi connectivity index (χ1v) is 12.7. The summed E-state index contributed by atoms with van der Waals surface area (Å²) in [6, 6.07) is 10.4. The Hall–Kier alpha value is -2.90. The number of aryl methyl sites for hydroxylation is 1. The third-order valence-electron chi connectivity index (χ3n) is 6.16. The number of aromatic amines is 1. The van der Waals surface area contributed by atoms with Crippen LogP contribution in [0.25, 0.3) is 10.9 Å². The number of azo groups is 1. The first kappa shape index (κ1) is 26.7. The van der Waals surface area contributed by atoms with Crippen LogP contribution in [0.4, 0.5) is 11.4 Å². The van der Waals surface area contributed by atoms with Crippen molar-refractivity contribution >= 4 is 39.8 Å².